The molecule has 160 valence electrons. The van der Waals surface area contributed by atoms with Gasteiger partial charge in [-0.2, -0.15) is 15.4 Å². The summed E-state index contributed by atoms with van der Waals surface area (Å²) in [6, 6.07) is 0.00572. The number of likely N-dealkylation sites (tertiary alicyclic amines) is 1. The van der Waals surface area contributed by atoms with Gasteiger partial charge in [0, 0.05) is 44.7 Å². The summed E-state index contributed by atoms with van der Waals surface area (Å²) in [5, 5.41) is 14.1. The minimum atomic E-state index is -0.122. The molecule has 2 aliphatic heterocycles. The SMILES string of the molecule is O=C(NCC1CC2(CCOCC2)CN1C(=O)C1CCc2n[nH]nc2C1)c1cncs1. The molecule has 2 atom stereocenters. The van der Waals surface area contributed by atoms with E-state index in [1.807, 2.05) is 4.90 Å². The van der Waals surface area contributed by atoms with Crippen molar-refractivity contribution in [3.63, 3.8) is 0 Å². The van der Waals surface area contributed by atoms with Crippen LogP contribution in [-0.2, 0) is 22.4 Å². The second-order valence-electron chi connectivity index (χ2n) is 8.67. The molecule has 2 aromatic heterocycles. The van der Waals surface area contributed by atoms with Crippen LogP contribution in [-0.4, -0.2) is 69.5 Å². The summed E-state index contributed by atoms with van der Waals surface area (Å²) in [4.78, 5) is 32.6. The number of amides is 2. The van der Waals surface area contributed by atoms with E-state index in [1.165, 1.54) is 11.3 Å². The number of rotatable bonds is 4. The quantitative estimate of drug-likeness (QED) is 0.753. The van der Waals surface area contributed by atoms with Crippen molar-refractivity contribution < 1.29 is 14.3 Å². The van der Waals surface area contributed by atoms with Gasteiger partial charge in [-0.3, -0.25) is 14.6 Å². The first kappa shape index (κ1) is 19.6. The summed E-state index contributed by atoms with van der Waals surface area (Å²) < 4.78 is 5.58. The Morgan fingerprint density at radius 3 is 2.93 bits per heavy atom. The Morgan fingerprint density at radius 2 is 2.13 bits per heavy atom. The highest BCUT2D eigenvalue weighted by Crippen LogP contribution is 2.43. The molecule has 0 radical (unpaired) electrons. The number of aryl methyl sites for hydroxylation is 1. The van der Waals surface area contributed by atoms with Crippen LogP contribution < -0.4 is 5.32 Å². The Kier molecular flexibility index (Phi) is 5.28. The van der Waals surface area contributed by atoms with Gasteiger partial charge in [-0.15, -0.1) is 11.3 Å². The number of nitrogens with zero attached hydrogens (tertiary/aromatic N) is 4. The predicted molar refractivity (Wildman–Crippen MR) is 109 cm³/mol. The minimum Gasteiger partial charge on any atom is -0.381 e. The van der Waals surface area contributed by atoms with Gasteiger partial charge in [0.15, 0.2) is 0 Å². The Morgan fingerprint density at radius 1 is 1.30 bits per heavy atom. The maximum absolute atomic E-state index is 13.6. The van der Waals surface area contributed by atoms with E-state index in [-0.39, 0.29) is 29.2 Å². The zero-order valence-electron chi connectivity index (χ0n) is 16.8. The van der Waals surface area contributed by atoms with Gasteiger partial charge in [-0.25, -0.2) is 0 Å². The number of aromatic nitrogens is 4. The number of H-pyrrole nitrogens is 1. The second kappa shape index (κ2) is 8.07. The molecule has 9 nitrogen and oxygen atoms in total. The zero-order chi connectivity index (χ0) is 20.6. The lowest BCUT2D eigenvalue weighted by Gasteiger charge is -2.34. The summed E-state index contributed by atoms with van der Waals surface area (Å²) in [5.74, 6) is -0.0101. The maximum atomic E-state index is 13.6. The number of nitrogens with one attached hydrogen (secondary N) is 2. The topological polar surface area (TPSA) is 113 Å². The molecule has 2 saturated heterocycles. The average Bonchev–Trinajstić information content (AvgIpc) is 3.52. The predicted octanol–water partition coefficient (Wildman–Crippen LogP) is 1.19. The van der Waals surface area contributed by atoms with Gasteiger partial charge in [-0.05, 0) is 37.5 Å². The van der Waals surface area contributed by atoms with E-state index in [0.29, 0.717) is 17.8 Å². The molecule has 0 saturated carbocycles. The molecule has 5 rings (SSSR count). The third kappa shape index (κ3) is 3.74. The van der Waals surface area contributed by atoms with E-state index in [2.05, 4.69) is 25.7 Å². The molecular weight excluding hydrogens is 404 g/mol. The highest BCUT2D eigenvalue weighted by Gasteiger charge is 2.47. The lowest BCUT2D eigenvalue weighted by molar-refractivity contribution is -0.137. The molecule has 1 spiro atoms. The van der Waals surface area contributed by atoms with Crippen LogP contribution in [0, 0.1) is 11.3 Å². The molecule has 2 unspecified atom stereocenters. The third-order valence-corrected chi connectivity index (χ3v) is 7.60. The third-order valence-electron chi connectivity index (χ3n) is 6.83. The van der Waals surface area contributed by atoms with E-state index in [1.54, 1.807) is 11.7 Å². The molecule has 2 amide bonds. The van der Waals surface area contributed by atoms with Crippen molar-refractivity contribution in [2.45, 2.75) is 44.6 Å². The van der Waals surface area contributed by atoms with E-state index >= 15 is 0 Å². The van der Waals surface area contributed by atoms with Crippen molar-refractivity contribution in [1.82, 2.24) is 30.6 Å². The molecule has 2 aromatic rings. The molecule has 0 aromatic carbocycles. The van der Waals surface area contributed by atoms with Crippen LogP contribution in [0.1, 0.15) is 46.7 Å². The Hall–Kier alpha value is -2.33. The molecule has 2 fully saturated rings. The van der Waals surface area contributed by atoms with E-state index in [9.17, 15) is 9.59 Å². The van der Waals surface area contributed by atoms with Gasteiger partial charge in [0.25, 0.3) is 5.91 Å². The van der Waals surface area contributed by atoms with Gasteiger partial charge < -0.3 is 15.0 Å². The number of carbonyl (C=O) groups excluding carboxylic acids is 2. The van der Waals surface area contributed by atoms with Crippen molar-refractivity contribution in [2.75, 3.05) is 26.3 Å². The van der Waals surface area contributed by atoms with Gasteiger partial charge in [0.1, 0.15) is 4.88 Å². The Balaban J connectivity index is 1.31. The molecular formula is C20H26N6O3S. The van der Waals surface area contributed by atoms with Gasteiger partial charge in [0.2, 0.25) is 5.91 Å². The number of thiazole rings is 1. The highest BCUT2D eigenvalue weighted by atomic mass is 32.1. The molecule has 1 aliphatic carbocycles. The number of ether oxygens (including phenoxy) is 1. The molecule has 30 heavy (non-hydrogen) atoms. The largest absolute Gasteiger partial charge is 0.381 e. The van der Waals surface area contributed by atoms with Crippen molar-refractivity contribution in [3.8, 4) is 0 Å². The number of carbonyl (C=O) groups is 2. The number of aromatic amines is 1. The van der Waals surface area contributed by atoms with E-state index in [0.717, 1.165) is 63.3 Å². The fourth-order valence-electron chi connectivity index (χ4n) is 5.13. The van der Waals surface area contributed by atoms with Crippen LogP contribution in [0.25, 0.3) is 0 Å². The summed E-state index contributed by atoms with van der Waals surface area (Å²) in [5.41, 5.74) is 3.64. The van der Waals surface area contributed by atoms with Crippen LogP contribution >= 0.6 is 11.3 Å². The summed E-state index contributed by atoms with van der Waals surface area (Å²) in [7, 11) is 0. The van der Waals surface area contributed by atoms with Crippen LogP contribution in [0.2, 0.25) is 0 Å². The number of hydrogen-bond acceptors (Lipinski definition) is 7. The molecule has 3 aliphatic rings. The highest BCUT2D eigenvalue weighted by molar-refractivity contribution is 7.11. The Bertz CT molecular complexity index is 908. The second-order valence-corrected chi connectivity index (χ2v) is 9.56. The van der Waals surface area contributed by atoms with Crippen molar-refractivity contribution in [2.24, 2.45) is 11.3 Å². The lowest BCUT2D eigenvalue weighted by Crippen LogP contribution is -2.46. The fourth-order valence-corrected chi connectivity index (χ4v) is 5.66. The zero-order valence-corrected chi connectivity index (χ0v) is 17.6. The normalized spacial score (nSPS) is 25.3. The molecule has 2 N–H and O–H groups in total. The van der Waals surface area contributed by atoms with Crippen LogP contribution in [0.15, 0.2) is 11.7 Å². The molecule has 4 heterocycles. The fraction of sp³-hybridized carbons (Fsp3) is 0.650. The van der Waals surface area contributed by atoms with Gasteiger partial charge >= 0.3 is 0 Å². The first-order valence-corrected chi connectivity index (χ1v) is 11.4. The first-order valence-electron chi connectivity index (χ1n) is 10.6. The van der Waals surface area contributed by atoms with Crippen molar-refractivity contribution in [3.05, 3.63) is 28.0 Å². The minimum absolute atomic E-state index is 0.00572. The number of hydrogen-bond donors (Lipinski definition) is 2. The van der Waals surface area contributed by atoms with Crippen LogP contribution in [0.3, 0.4) is 0 Å². The average molecular weight is 431 g/mol. The van der Waals surface area contributed by atoms with Gasteiger partial charge in [-0.1, -0.05) is 0 Å². The standard InChI is InChI=1S/C20H26N6O3S/c27-18(17-10-21-12-30-17)22-9-14-8-20(3-5-29-6-4-20)11-26(14)19(28)13-1-2-15-16(7-13)24-25-23-15/h10,12-14H,1-9,11H2,(H,22,27)(H,23,24,25). The summed E-state index contributed by atoms with van der Waals surface area (Å²) >= 11 is 1.32. The molecule has 10 heteroatoms. The van der Waals surface area contributed by atoms with Crippen LogP contribution in [0.5, 0.6) is 0 Å². The van der Waals surface area contributed by atoms with Gasteiger partial charge in [0.05, 0.1) is 23.1 Å². The van der Waals surface area contributed by atoms with Crippen LogP contribution in [0.4, 0.5) is 0 Å². The summed E-state index contributed by atoms with van der Waals surface area (Å²) in [6.07, 6.45) is 6.63. The van der Waals surface area contributed by atoms with Crippen molar-refractivity contribution >= 4 is 23.2 Å². The number of fused-ring (bicyclic) bond motifs is 1. The van der Waals surface area contributed by atoms with E-state index < -0.39 is 0 Å². The Labute approximate surface area is 178 Å². The lowest BCUT2D eigenvalue weighted by atomic mass is 9.78. The summed E-state index contributed by atoms with van der Waals surface area (Å²) in [6.45, 7) is 2.70. The van der Waals surface area contributed by atoms with E-state index in [4.69, 9.17) is 4.74 Å². The molecule has 0 bridgehead atoms. The maximum Gasteiger partial charge on any atom is 0.263 e. The first-order chi connectivity index (χ1) is 14.6. The van der Waals surface area contributed by atoms with Crippen molar-refractivity contribution in [1.29, 1.82) is 0 Å². The monoisotopic (exact) mass is 430 g/mol. The smallest absolute Gasteiger partial charge is 0.263 e.